The van der Waals surface area contributed by atoms with E-state index in [0.717, 1.165) is 30.8 Å². The first-order chi connectivity index (χ1) is 10.9. The Morgan fingerprint density at radius 1 is 1.39 bits per heavy atom. The van der Waals surface area contributed by atoms with Crippen molar-refractivity contribution in [2.75, 3.05) is 19.8 Å². The standard InChI is InChI=1S/C18H29N3O2/c1-18(2)7-4-13(5-8-18)10-19-17(22)15-11-21(3)20-16(15)14-6-9-23-12-14/h11,13-14H,4-10,12H2,1-3H3,(H,19,22)/t14-/m0/s1. The van der Waals surface area contributed by atoms with Crippen LogP contribution in [0, 0.1) is 11.3 Å². The minimum Gasteiger partial charge on any atom is -0.381 e. The van der Waals surface area contributed by atoms with Crippen molar-refractivity contribution >= 4 is 5.91 Å². The van der Waals surface area contributed by atoms with Crippen LogP contribution in [0.4, 0.5) is 0 Å². The van der Waals surface area contributed by atoms with Gasteiger partial charge in [-0.25, -0.2) is 0 Å². The Morgan fingerprint density at radius 3 is 2.78 bits per heavy atom. The number of carbonyl (C=O) groups excluding carboxylic acids is 1. The number of amides is 1. The molecule has 1 saturated carbocycles. The number of hydrogen-bond acceptors (Lipinski definition) is 3. The maximum absolute atomic E-state index is 12.6. The van der Waals surface area contributed by atoms with Gasteiger partial charge >= 0.3 is 0 Å². The third-order valence-electron chi connectivity index (χ3n) is 5.43. The first-order valence-electron chi connectivity index (χ1n) is 8.84. The zero-order chi connectivity index (χ0) is 16.4. The van der Waals surface area contributed by atoms with E-state index in [1.54, 1.807) is 4.68 Å². The highest BCUT2D eigenvalue weighted by Gasteiger charge is 2.29. The largest absolute Gasteiger partial charge is 0.381 e. The molecule has 1 atom stereocenters. The molecule has 1 aliphatic heterocycles. The molecular weight excluding hydrogens is 290 g/mol. The van der Waals surface area contributed by atoms with E-state index < -0.39 is 0 Å². The summed E-state index contributed by atoms with van der Waals surface area (Å²) in [7, 11) is 1.87. The fourth-order valence-corrected chi connectivity index (χ4v) is 3.73. The summed E-state index contributed by atoms with van der Waals surface area (Å²) in [6, 6.07) is 0. The van der Waals surface area contributed by atoms with Gasteiger partial charge in [-0.1, -0.05) is 13.8 Å². The number of nitrogens with zero attached hydrogens (tertiary/aromatic N) is 2. The Bertz CT molecular complexity index is 549. The fraction of sp³-hybridized carbons (Fsp3) is 0.778. The SMILES string of the molecule is Cn1cc(C(=O)NCC2CCC(C)(C)CC2)c([C@H]2CCOC2)n1. The van der Waals surface area contributed by atoms with Crippen molar-refractivity contribution in [3.8, 4) is 0 Å². The molecule has 0 spiro atoms. The van der Waals surface area contributed by atoms with Gasteiger partial charge in [0, 0.05) is 32.3 Å². The molecule has 1 aromatic rings. The third kappa shape index (κ3) is 3.94. The van der Waals surface area contributed by atoms with Gasteiger partial charge in [0.25, 0.3) is 5.91 Å². The molecule has 2 aliphatic rings. The van der Waals surface area contributed by atoms with Crippen molar-refractivity contribution in [3.63, 3.8) is 0 Å². The van der Waals surface area contributed by atoms with Gasteiger partial charge in [-0.05, 0) is 43.4 Å². The molecule has 0 unspecified atom stereocenters. The van der Waals surface area contributed by atoms with E-state index in [2.05, 4.69) is 24.3 Å². The van der Waals surface area contributed by atoms with Gasteiger partial charge in [0.2, 0.25) is 0 Å². The van der Waals surface area contributed by atoms with Gasteiger partial charge in [0.05, 0.1) is 17.9 Å². The van der Waals surface area contributed by atoms with E-state index in [9.17, 15) is 4.79 Å². The van der Waals surface area contributed by atoms with Crippen LogP contribution in [0.15, 0.2) is 6.20 Å². The number of hydrogen-bond donors (Lipinski definition) is 1. The molecule has 0 bridgehead atoms. The van der Waals surface area contributed by atoms with Crippen molar-refractivity contribution < 1.29 is 9.53 Å². The van der Waals surface area contributed by atoms with Crippen LogP contribution in [0.2, 0.25) is 0 Å². The molecule has 1 saturated heterocycles. The highest BCUT2D eigenvalue weighted by atomic mass is 16.5. The molecule has 128 valence electrons. The summed E-state index contributed by atoms with van der Waals surface area (Å²) in [5, 5.41) is 7.64. The van der Waals surface area contributed by atoms with Crippen LogP contribution in [0.3, 0.4) is 0 Å². The lowest BCUT2D eigenvalue weighted by molar-refractivity contribution is 0.0934. The molecule has 2 fully saturated rings. The van der Waals surface area contributed by atoms with Gasteiger partial charge in [-0.3, -0.25) is 9.48 Å². The molecule has 1 N–H and O–H groups in total. The minimum absolute atomic E-state index is 0.0184. The van der Waals surface area contributed by atoms with E-state index in [1.165, 1.54) is 25.7 Å². The van der Waals surface area contributed by atoms with E-state index in [4.69, 9.17) is 4.74 Å². The maximum Gasteiger partial charge on any atom is 0.254 e. The fourth-order valence-electron chi connectivity index (χ4n) is 3.73. The van der Waals surface area contributed by atoms with Gasteiger partial charge in [0.15, 0.2) is 0 Å². The molecule has 2 heterocycles. The van der Waals surface area contributed by atoms with Gasteiger partial charge in [-0.2, -0.15) is 5.10 Å². The lowest BCUT2D eigenvalue weighted by Crippen LogP contribution is -2.33. The molecule has 1 amide bonds. The lowest BCUT2D eigenvalue weighted by Gasteiger charge is -2.34. The number of aryl methyl sites for hydroxylation is 1. The van der Waals surface area contributed by atoms with Crippen molar-refractivity contribution in [1.29, 1.82) is 0 Å². The zero-order valence-corrected chi connectivity index (χ0v) is 14.6. The number of aromatic nitrogens is 2. The first-order valence-corrected chi connectivity index (χ1v) is 8.84. The summed E-state index contributed by atoms with van der Waals surface area (Å²) >= 11 is 0. The van der Waals surface area contributed by atoms with Crippen molar-refractivity contribution in [1.82, 2.24) is 15.1 Å². The van der Waals surface area contributed by atoms with Crippen molar-refractivity contribution in [2.24, 2.45) is 18.4 Å². The minimum atomic E-state index is 0.0184. The number of nitrogens with one attached hydrogen (secondary N) is 1. The van der Waals surface area contributed by atoms with Crippen LogP contribution in [0.1, 0.15) is 67.9 Å². The van der Waals surface area contributed by atoms with Crippen LogP contribution in [-0.4, -0.2) is 35.4 Å². The number of rotatable bonds is 4. The molecule has 5 heteroatoms. The zero-order valence-electron chi connectivity index (χ0n) is 14.6. The normalized spacial score (nSPS) is 24.7. The summed E-state index contributed by atoms with van der Waals surface area (Å²) in [4.78, 5) is 12.6. The van der Waals surface area contributed by atoms with Crippen molar-refractivity contribution in [3.05, 3.63) is 17.5 Å². The van der Waals surface area contributed by atoms with Crippen LogP contribution >= 0.6 is 0 Å². The highest BCUT2D eigenvalue weighted by molar-refractivity contribution is 5.95. The molecule has 0 aromatic carbocycles. The molecular formula is C18H29N3O2. The molecule has 3 rings (SSSR count). The summed E-state index contributed by atoms with van der Waals surface area (Å²) in [5.41, 5.74) is 2.09. The van der Waals surface area contributed by atoms with Gasteiger partial charge in [0.1, 0.15) is 0 Å². The average molecular weight is 319 g/mol. The van der Waals surface area contributed by atoms with E-state index in [-0.39, 0.29) is 11.8 Å². The topological polar surface area (TPSA) is 56.2 Å². The highest BCUT2D eigenvalue weighted by Crippen LogP contribution is 2.37. The molecule has 5 nitrogen and oxygen atoms in total. The van der Waals surface area contributed by atoms with Crippen molar-refractivity contribution in [2.45, 2.75) is 51.9 Å². The van der Waals surface area contributed by atoms with Crippen LogP contribution in [0.25, 0.3) is 0 Å². The molecule has 0 radical (unpaired) electrons. The Kier molecular flexibility index (Phi) is 4.76. The third-order valence-corrected chi connectivity index (χ3v) is 5.43. The van der Waals surface area contributed by atoms with Crippen LogP contribution in [0.5, 0.6) is 0 Å². The summed E-state index contributed by atoms with van der Waals surface area (Å²) in [6.07, 6.45) is 7.73. The van der Waals surface area contributed by atoms with Crippen LogP contribution < -0.4 is 5.32 Å². The Labute approximate surface area is 138 Å². The van der Waals surface area contributed by atoms with Crippen LogP contribution in [-0.2, 0) is 11.8 Å². The van der Waals surface area contributed by atoms with E-state index in [1.807, 2.05) is 13.2 Å². The smallest absolute Gasteiger partial charge is 0.254 e. The maximum atomic E-state index is 12.6. The Balaban J connectivity index is 1.58. The second-order valence-electron chi connectivity index (χ2n) is 7.98. The first kappa shape index (κ1) is 16.5. The Hall–Kier alpha value is -1.36. The quantitative estimate of drug-likeness (QED) is 0.928. The number of carbonyl (C=O) groups is 1. The molecule has 1 aliphatic carbocycles. The molecule has 1 aromatic heterocycles. The Morgan fingerprint density at radius 2 is 2.13 bits per heavy atom. The summed E-state index contributed by atoms with van der Waals surface area (Å²) in [6.45, 7) is 6.90. The number of ether oxygens (including phenoxy) is 1. The van der Waals surface area contributed by atoms with E-state index in [0.29, 0.717) is 17.9 Å². The monoisotopic (exact) mass is 319 g/mol. The summed E-state index contributed by atoms with van der Waals surface area (Å²) < 4.78 is 7.19. The predicted molar refractivity (Wildman–Crippen MR) is 89.5 cm³/mol. The van der Waals surface area contributed by atoms with E-state index >= 15 is 0 Å². The summed E-state index contributed by atoms with van der Waals surface area (Å²) in [5.74, 6) is 0.888. The predicted octanol–water partition coefficient (Wildman–Crippen LogP) is 2.87. The lowest BCUT2D eigenvalue weighted by atomic mass is 9.73. The molecule has 23 heavy (non-hydrogen) atoms. The average Bonchev–Trinajstić information content (AvgIpc) is 3.14. The van der Waals surface area contributed by atoms with Gasteiger partial charge in [-0.15, -0.1) is 0 Å². The second kappa shape index (κ2) is 6.63. The van der Waals surface area contributed by atoms with Gasteiger partial charge < -0.3 is 10.1 Å². The second-order valence-corrected chi connectivity index (χ2v) is 7.98.